The quantitative estimate of drug-likeness (QED) is 0.852. The summed E-state index contributed by atoms with van der Waals surface area (Å²) in [5.74, 6) is -0.100. The van der Waals surface area contributed by atoms with E-state index in [0.29, 0.717) is 10.6 Å². The summed E-state index contributed by atoms with van der Waals surface area (Å²) in [7, 11) is 1.76. The maximum Gasteiger partial charge on any atom is 0.128 e. The van der Waals surface area contributed by atoms with Crippen molar-refractivity contribution in [1.29, 1.82) is 0 Å². The lowest BCUT2D eigenvalue weighted by Crippen LogP contribution is -2.31. The largest absolute Gasteiger partial charge is 0.396 e. The predicted molar refractivity (Wildman–Crippen MR) is 68.6 cm³/mol. The molecule has 0 amide bonds. The summed E-state index contributed by atoms with van der Waals surface area (Å²) in [4.78, 5) is 0. The van der Waals surface area contributed by atoms with E-state index in [9.17, 15) is 9.50 Å². The Kier molecular flexibility index (Phi) is 5.37. The molecule has 0 spiro atoms. The van der Waals surface area contributed by atoms with Crippen molar-refractivity contribution >= 4 is 11.6 Å². The molecule has 0 fully saturated rings. The Bertz CT molecular complexity index is 370. The minimum absolute atomic E-state index is 0.00905. The zero-order chi connectivity index (χ0) is 13.0. The van der Waals surface area contributed by atoms with Gasteiger partial charge in [0.05, 0.1) is 0 Å². The first-order chi connectivity index (χ1) is 8.01. The van der Waals surface area contributed by atoms with E-state index in [0.717, 1.165) is 0 Å². The third kappa shape index (κ3) is 3.41. The van der Waals surface area contributed by atoms with E-state index in [1.54, 1.807) is 13.1 Å². The van der Waals surface area contributed by atoms with Crippen LogP contribution in [0.1, 0.15) is 25.5 Å². The van der Waals surface area contributed by atoms with Gasteiger partial charge in [0.25, 0.3) is 0 Å². The molecule has 0 aliphatic heterocycles. The van der Waals surface area contributed by atoms with Gasteiger partial charge in [0, 0.05) is 29.2 Å². The van der Waals surface area contributed by atoms with Gasteiger partial charge < -0.3 is 10.4 Å². The monoisotopic (exact) mass is 259 g/mol. The van der Waals surface area contributed by atoms with Crippen LogP contribution in [0.15, 0.2) is 18.2 Å². The molecule has 0 aliphatic carbocycles. The molecule has 0 saturated heterocycles. The summed E-state index contributed by atoms with van der Waals surface area (Å²) in [5.41, 5.74) is 0.507. The number of nitrogens with one attached hydrogen (secondary N) is 1. The number of halogens is 2. The van der Waals surface area contributed by atoms with Crippen LogP contribution in [0.3, 0.4) is 0 Å². The molecule has 96 valence electrons. The molecule has 2 N–H and O–H groups in total. The lowest BCUT2D eigenvalue weighted by atomic mass is 9.85. The van der Waals surface area contributed by atoms with Gasteiger partial charge in [0.2, 0.25) is 0 Å². The molecule has 2 unspecified atom stereocenters. The second-order valence-electron chi connectivity index (χ2n) is 4.52. The minimum atomic E-state index is -0.298. The third-order valence-corrected chi connectivity index (χ3v) is 3.33. The predicted octanol–water partition coefficient (Wildman–Crippen LogP) is 3.00. The van der Waals surface area contributed by atoms with Crippen molar-refractivity contribution in [1.82, 2.24) is 5.32 Å². The fourth-order valence-electron chi connectivity index (χ4n) is 2.05. The molecule has 0 aliphatic rings. The van der Waals surface area contributed by atoms with Crippen LogP contribution in [-0.2, 0) is 0 Å². The minimum Gasteiger partial charge on any atom is -0.396 e. The highest BCUT2D eigenvalue weighted by Gasteiger charge is 2.26. The van der Waals surface area contributed by atoms with Gasteiger partial charge in [-0.3, -0.25) is 0 Å². The third-order valence-electron chi connectivity index (χ3n) is 3.10. The molecule has 2 atom stereocenters. The van der Waals surface area contributed by atoms with Crippen molar-refractivity contribution in [2.45, 2.75) is 19.9 Å². The van der Waals surface area contributed by atoms with Crippen molar-refractivity contribution < 1.29 is 9.50 Å². The molecule has 1 aromatic carbocycles. The Morgan fingerprint density at radius 2 is 2.06 bits per heavy atom. The molecule has 0 aromatic heterocycles. The van der Waals surface area contributed by atoms with Crippen LogP contribution in [0.5, 0.6) is 0 Å². The lowest BCUT2D eigenvalue weighted by molar-refractivity contribution is 0.152. The highest BCUT2D eigenvalue weighted by molar-refractivity contribution is 6.30. The molecule has 17 heavy (non-hydrogen) atoms. The van der Waals surface area contributed by atoms with Gasteiger partial charge in [-0.15, -0.1) is 0 Å². The number of benzene rings is 1. The van der Waals surface area contributed by atoms with Gasteiger partial charge >= 0.3 is 0 Å². The van der Waals surface area contributed by atoms with Gasteiger partial charge in [-0.2, -0.15) is 0 Å². The summed E-state index contributed by atoms with van der Waals surface area (Å²) < 4.78 is 13.8. The Morgan fingerprint density at radius 1 is 1.41 bits per heavy atom. The van der Waals surface area contributed by atoms with Crippen molar-refractivity contribution in [2.75, 3.05) is 13.7 Å². The second kappa shape index (κ2) is 6.34. The van der Waals surface area contributed by atoms with Gasteiger partial charge in [-0.05, 0) is 31.2 Å². The highest BCUT2D eigenvalue weighted by atomic mass is 35.5. The molecule has 0 bridgehead atoms. The highest BCUT2D eigenvalue weighted by Crippen LogP contribution is 2.30. The van der Waals surface area contributed by atoms with Crippen molar-refractivity contribution in [3.05, 3.63) is 34.6 Å². The average Bonchev–Trinajstić information content (AvgIpc) is 2.28. The maximum absolute atomic E-state index is 13.8. The van der Waals surface area contributed by atoms with Crippen molar-refractivity contribution in [3.63, 3.8) is 0 Å². The van der Waals surface area contributed by atoms with Crippen LogP contribution in [0.2, 0.25) is 5.02 Å². The van der Waals surface area contributed by atoms with Gasteiger partial charge in [0.15, 0.2) is 0 Å². The molecule has 2 nitrogen and oxygen atoms in total. The topological polar surface area (TPSA) is 32.3 Å². The summed E-state index contributed by atoms with van der Waals surface area (Å²) in [6.07, 6.45) is 0. The normalized spacial score (nSPS) is 15.0. The SMILES string of the molecule is CNC(c1cc(Cl)ccc1F)C(CO)C(C)C. The van der Waals surface area contributed by atoms with Crippen molar-refractivity contribution in [2.24, 2.45) is 11.8 Å². The van der Waals surface area contributed by atoms with E-state index in [2.05, 4.69) is 5.32 Å². The number of aliphatic hydroxyl groups excluding tert-OH is 1. The van der Waals surface area contributed by atoms with Crippen LogP contribution in [0.25, 0.3) is 0 Å². The second-order valence-corrected chi connectivity index (χ2v) is 4.96. The molecule has 1 rings (SSSR count). The first-order valence-electron chi connectivity index (χ1n) is 5.74. The zero-order valence-corrected chi connectivity index (χ0v) is 11.1. The van der Waals surface area contributed by atoms with E-state index < -0.39 is 0 Å². The van der Waals surface area contributed by atoms with E-state index in [-0.39, 0.29) is 30.3 Å². The number of rotatable bonds is 5. The van der Waals surface area contributed by atoms with Gasteiger partial charge in [0.1, 0.15) is 5.82 Å². The first kappa shape index (κ1) is 14.4. The van der Waals surface area contributed by atoms with Crippen LogP contribution < -0.4 is 5.32 Å². The average molecular weight is 260 g/mol. The van der Waals surface area contributed by atoms with Crippen LogP contribution in [0, 0.1) is 17.7 Å². The number of aliphatic hydroxyl groups is 1. The lowest BCUT2D eigenvalue weighted by Gasteiger charge is -2.29. The Labute approximate surface area is 107 Å². The van der Waals surface area contributed by atoms with E-state index in [1.807, 2.05) is 13.8 Å². The fraction of sp³-hybridized carbons (Fsp3) is 0.538. The summed E-state index contributed by atoms with van der Waals surface area (Å²) in [6, 6.07) is 4.26. The Morgan fingerprint density at radius 3 is 2.53 bits per heavy atom. The molecular formula is C13H19ClFNO. The van der Waals surface area contributed by atoms with Gasteiger partial charge in [-0.25, -0.2) is 4.39 Å². The molecule has 4 heteroatoms. The molecular weight excluding hydrogens is 241 g/mol. The van der Waals surface area contributed by atoms with Crippen LogP contribution in [-0.4, -0.2) is 18.8 Å². The number of hydrogen-bond acceptors (Lipinski definition) is 2. The molecule has 0 heterocycles. The summed E-state index contributed by atoms with van der Waals surface area (Å²) >= 11 is 5.89. The van der Waals surface area contributed by atoms with E-state index in [1.165, 1.54) is 12.1 Å². The number of hydrogen-bond donors (Lipinski definition) is 2. The maximum atomic E-state index is 13.8. The smallest absolute Gasteiger partial charge is 0.128 e. The van der Waals surface area contributed by atoms with Crippen LogP contribution in [0.4, 0.5) is 4.39 Å². The molecule has 0 radical (unpaired) electrons. The van der Waals surface area contributed by atoms with Crippen LogP contribution >= 0.6 is 11.6 Å². The first-order valence-corrected chi connectivity index (χ1v) is 6.12. The van der Waals surface area contributed by atoms with E-state index >= 15 is 0 Å². The molecule has 1 aromatic rings. The van der Waals surface area contributed by atoms with E-state index in [4.69, 9.17) is 11.6 Å². The zero-order valence-electron chi connectivity index (χ0n) is 10.4. The Hall–Kier alpha value is -0.640. The summed E-state index contributed by atoms with van der Waals surface area (Å²) in [6.45, 7) is 4.02. The summed E-state index contributed by atoms with van der Waals surface area (Å²) in [5, 5.41) is 13.0. The standard InChI is InChI=1S/C13H19ClFNO/c1-8(2)11(7-17)13(16-3)10-6-9(14)4-5-12(10)15/h4-6,8,11,13,16-17H,7H2,1-3H3. The Balaban J connectivity index is 3.11. The van der Waals surface area contributed by atoms with Crippen molar-refractivity contribution in [3.8, 4) is 0 Å². The van der Waals surface area contributed by atoms with Gasteiger partial charge in [-0.1, -0.05) is 25.4 Å². The molecule has 0 saturated carbocycles. The fourth-order valence-corrected chi connectivity index (χ4v) is 2.23.